The predicted molar refractivity (Wildman–Crippen MR) is 34.2 cm³/mol. The summed E-state index contributed by atoms with van der Waals surface area (Å²) in [5, 5.41) is 16.6. The molecule has 0 bridgehead atoms. The van der Waals surface area contributed by atoms with E-state index in [9.17, 15) is 8.42 Å². The van der Waals surface area contributed by atoms with Gasteiger partial charge in [0.15, 0.2) is 0 Å². The molecule has 70 valence electrons. The Morgan fingerprint density at radius 2 is 1.91 bits per heavy atom. The molecule has 1 atom stereocenters. The number of aliphatic hydroxyl groups excluding tert-OH is 2. The molecule has 8 heteroatoms. The van der Waals surface area contributed by atoms with Crippen LogP contribution in [0.2, 0.25) is 0 Å². The van der Waals surface area contributed by atoms with E-state index in [0.717, 1.165) is 0 Å². The Hall–Kier alpha value is -0.250. The van der Waals surface area contributed by atoms with Crippen LogP contribution in [0.3, 0.4) is 0 Å². The number of hydrogen-bond acceptors (Lipinski definition) is 5. The number of rotatable bonds is 4. The maximum absolute atomic E-state index is 9.79. The summed E-state index contributed by atoms with van der Waals surface area (Å²) in [4.78, 5) is 0. The van der Waals surface area contributed by atoms with Crippen molar-refractivity contribution in [1.82, 2.24) is 0 Å². The molecule has 0 aromatic heterocycles. The fourth-order valence-electron chi connectivity index (χ4n) is 0.217. The molecule has 11 heavy (non-hydrogen) atoms. The smallest absolute Gasteiger partial charge is 0.397 e. The molecular formula is C3H10O7S. The van der Waals surface area contributed by atoms with Gasteiger partial charge in [0.1, 0.15) is 6.10 Å². The SMILES string of the molecule is O.O=S(=O)(O)OCC(O)CO. The van der Waals surface area contributed by atoms with Gasteiger partial charge in [-0.3, -0.25) is 4.55 Å². The Morgan fingerprint density at radius 1 is 1.45 bits per heavy atom. The molecule has 0 aliphatic carbocycles. The van der Waals surface area contributed by atoms with Crippen molar-refractivity contribution >= 4 is 10.4 Å². The molecule has 0 radical (unpaired) electrons. The summed E-state index contributed by atoms with van der Waals surface area (Å²) in [6.45, 7) is -1.26. The molecule has 0 amide bonds. The molecule has 0 aliphatic rings. The summed E-state index contributed by atoms with van der Waals surface area (Å²) >= 11 is 0. The molecule has 5 N–H and O–H groups in total. The van der Waals surface area contributed by atoms with Crippen LogP contribution in [0.1, 0.15) is 0 Å². The second-order valence-corrected chi connectivity index (χ2v) is 2.64. The lowest BCUT2D eigenvalue weighted by Gasteiger charge is -2.03. The largest absolute Gasteiger partial charge is 0.412 e. The van der Waals surface area contributed by atoms with Crippen LogP contribution in [0.15, 0.2) is 0 Å². The quantitative estimate of drug-likeness (QED) is 0.414. The minimum absolute atomic E-state index is 0. The van der Waals surface area contributed by atoms with Crippen molar-refractivity contribution in [3.8, 4) is 0 Å². The average Bonchev–Trinajstić information content (AvgIpc) is 1.81. The van der Waals surface area contributed by atoms with Crippen molar-refractivity contribution < 1.29 is 32.8 Å². The third kappa shape index (κ3) is 9.75. The van der Waals surface area contributed by atoms with E-state index in [4.69, 9.17) is 14.8 Å². The summed E-state index contributed by atoms with van der Waals surface area (Å²) in [6.07, 6.45) is -1.29. The van der Waals surface area contributed by atoms with Crippen LogP contribution < -0.4 is 0 Å². The van der Waals surface area contributed by atoms with Gasteiger partial charge in [0.05, 0.1) is 13.2 Å². The molecular weight excluding hydrogens is 180 g/mol. The standard InChI is InChI=1S/C3H8O6S.H2O/c4-1-3(5)2-9-10(6,7)8;/h3-5H,1-2H2,(H,6,7,8);1H2. The van der Waals surface area contributed by atoms with E-state index in [-0.39, 0.29) is 5.48 Å². The first kappa shape index (κ1) is 13.3. The number of hydrogen-bond donors (Lipinski definition) is 3. The second kappa shape index (κ2) is 5.41. The van der Waals surface area contributed by atoms with Gasteiger partial charge in [-0.2, -0.15) is 8.42 Å². The van der Waals surface area contributed by atoms with E-state index < -0.39 is 29.7 Å². The highest BCUT2D eigenvalue weighted by atomic mass is 32.3. The summed E-state index contributed by atoms with van der Waals surface area (Å²) in [5.41, 5.74) is 0. The van der Waals surface area contributed by atoms with Crippen LogP contribution in [-0.2, 0) is 14.6 Å². The van der Waals surface area contributed by atoms with Crippen molar-refractivity contribution in [3.63, 3.8) is 0 Å². The van der Waals surface area contributed by atoms with Gasteiger partial charge in [0, 0.05) is 0 Å². The topological polar surface area (TPSA) is 136 Å². The monoisotopic (exact) mass is 190 g/mol. The Kier molecular flexibility index (Phi) is 6.56. The lowest BCUT2D eigenvalue weighted by atomic mass is 10.4. The first-order chi connectivity index (χ1) is 4.45. The Balaban J connectivity index is 0. The summed E-state index contributed by atoms with van der Waals surface area (Å²) in [6, 6.07) is 0. The normalized spacial score (nSPS) is 13.7. The van der Waals surface area contributed by atoms with Gasteiger partial charge in [0.2, 0.25) is 0 Å². The molecule has 0 aliphatic heterocycles. The summed E-state index contributed by atoms with van der Waals surface area (Å²) in [5.74, 6) is 0. The first-order valence-corrected chi connectivity index (χ1v) is 3.73. The zero-order valence-corrected chi connectivity index (χ0v) is 6.28. The third-order valence-corrected chi connectivity index (χ3v) is 1.05. The molecule has 1 unspecified atom stereocenters. The van der Waals surface area contributed by atoms with Crippen molar-refractivity contribution in [2.75, 3.05) is 13.2 Å². The lowest BCUT2D eigenvalue weighted by Crippen LogP contribution is -2.21. The van der Waals surface area contributed by atoms with Gasteiger partial charge in [-0.25, -0.2) is 4.18 Å². The molecule has 0 saturated heterocycles. The molecule has 0 aromatic carbocycles. The van der Waals surface area contributed by atoms with Crippen molar-refractivity contribution in [2.45, 2.75) is 6.10 Å². The number of aliphatic hydroxyl groups is 2. The maximum atomic E-state index is 9.79. The van der Waals surface area contributed by atoms with E-state index in [1.54, 1.807) is 0 Å². The summed E-state index contributed by atoms with van der Waals surface area (Å²) < 4.78 is 31.2. The van der Waals surface area contributed by atoms with E-state index in [0.29, 0.717) is 0 Å². The molecule has 0 aromatic rings. The Bertz CT molecular complexity index is 172. The van der Waals surface area contributed by atoms with Crippen molar-refractivity contribution in [3.05, 3.63) is 0 Å². The molecule has 0 saturated carbocycles. The highest BCUT2D eigenvalue weighted by molar-refractivity contribution is 7.80. The van der Waals surface area contributed by atoms with Gasteiger partial charge in [-0.1, -0.05) is 0 Å². The van der Waals surface area contributed by atoms with E-state index >= 15 is 0 Å². The minimum atomic E-state index is -4.50. The fourth-order valence-corrected chi connectivity index (χ4v) is 0.546. The van der Waals surface area contributed by atoms with Gasteiger partial charge in [-0.05, 0) is 0 Å². The van der Waals surface area contributed by atoms with Gasteiger partial charge < -0.3 is 15.7 Å². The molecule has 0 rings (SSSR count). The highest BCUT2D eigenvalue weighted by Crippen LogP contribution is 1.88. The molecule has 0 heterocycles. The van der Waals surface area contributed by atoms with Gasteiger partial charge in [-0.15, -0.1) is 0 Å². The van der Waals surface area contributed by atoms with E-state index in [1.165, 1.54) is 0 Å². The third-order valence-electron chi connectivity index (χ3n) is 0.620. The van der Waals surface area contributed by atoms with Crippen LogP contribution in [0, 0.1) is 0 Å². The van der Waals surface area contributed by atoms with E-state index in [1.807, 2.05) is 0 Å². The Morgan fingerprint density at radius 3 is 2.18 bits per heavy atom. The van der Waals surface area contributed by atoms with Gasteiger partial charge >= 0.3 is 10.4 Å². The van der Waals surface area contributed by atoms with Crippen LogP contribution in [-0.4, -0.2) is 48.0 Å². The highest BCUT2D eigenvalue weighted by Gasteiger charge is 2.08. The predicted octanol–water partition coefficient (Wildman–Crippen LogP) is -2.67. The van der Waals surface area contributed by atoms with Crippen LogP contribution in [0.25, 0.3) is 0 Å². The van der Waals surface area contributed by atoms with Crippen molar-refractivity contribution in [2.24, 2.45) is 0 Å². The lowest BCUT2D eigenvalue weighted by molar-refractivity contribution is 0.0517. The van der Waals surface area contributed by atoms with Crippen LogP contribution in [0.5, 0.6) is 0 Å². The molecule has 0 fully saturated rings. The maximum Gasteiger partial charge on any atom is 0.397 e. The van der Waals surface area contributed by atoms with Crippen LogP contribution >= 0.6 is 0 Å². The fraction of sp³-hybridized carbons (Fsp3) is 1.00. The average molecular weight is 190 g/mol. The molecule has 7 nitrogen and oxygen atoms in total. The zero-order chi connectivity index (χ0) is 8.20. The Labute approximate surface area is 63.5 Å². The van der Waals surface area contributed by atoms with Crippen molar-refractivity contribution in [1.29, 1.82) is 0 Å². The first-order valence-electron chi connectivity index (χ1n) is 2.36. The minimum Gasteiger partial charge on any atom is -0.412 e. The zero-order valence-electron chi connectivity index (χ0n) is 5.47. The van der Waals surface area contributed by atoms with Crippen LogP contribution in [0.4, 0.5) is 0 Å². The molecule has 0 spiro atoms. The second-order valence-electron chi connectivity index (χ2n) is 1.55. The summed E-state index contributed by atoms with van der Waals surface area (Å²) in [7, 11) is -4.50. The van der Waals surface area contributed by atoms with E-state index in [2.05, 4.69) is 4.18 Å². The van der Waals surface area contributed by atoms with Gasteiger partial charge in [0.25, 0.3) is 0 Å².